The van der Waals surface area contributed by atoms with E-state index in [0.717, 1.165) is 0 Å². The van der Waals surface area contributed by atoms with E-state index >= 15 is 0 Å². The van der Waals surface area contributed by atoms with Crippen molar-refractivity contribution in [3.8, 4) is 18.1 Å². The van der Waals surface area contributed by atoms with Crippen molar-refractivity contribution in [2.45, 2.75) is 37.1 Å². The van der Waals surface area contributed by atoms with Gasteiger partial charge in [-0.1, -0.05) is 31.9 Å². The molecule has 102 valence electrons. The lowest BCUT2D eigenvalue weighted by Crippen LogP contribution is -2.47. The third-order valence-corrected chi connectivity index (χ3v) is 4.15. The molecule has 1 rings (SSSR count). The van der Waals surface area contributed by atoms with Crippen molar-refractivity contribution >= 4 is 17.7 Å². The molecule has 0 aliphatic heterocycles. The number of aromatic hydroxyl groups is 1. The quantitative estimate of drug-likeness (QED) is 0.621. The fraction of sp³-hybridized carbons (Fsp3) is 0.400. The average molecular weight is 277 g/mol. The number of phenols is 1. The second-order valence-electron chi connectivity index (χ2n) is 4.24. The van der Waals surface area contributed by atoms with Crippen LogP contribution >= 0.6 is 11.8 Å². The Bertz CT molecular complexity index is 475. The zero-order valence-corrected chi connectivity index (χ0v) is 12.1. The van der Waals surface area contributed by atoms with Crippen LogP contribution in [-0.2, 0) is 4.79 Å². The van der Waals surface area contributed by atoms with Crippen molar-refractivity contribution < 1.29 is 9.90 Å². The Morgan fingerprint density at radius 3 is 2.58 bits per heavy atom. The van der Waals surface area contributed by atoms with Crippen molar-refractivity contribution in [1.82, 2.24) is 5.32 Å². The van der Waals surface area contributed by atoms with Crippen LogP contribution in [0.3, 0.4) is 0 Å². The van der Waals surface area contributed by atoms with E-state index in [-0.39, 0.29) is 17.4 Å². The van der Waals surface area contributed by atoms with Crippen LogP contribution in [0.1, 0.15) is 26.7 Å². The van der Waals surface area contributed by atoms with Crippen LogP contribution in [0.2, 0.25) is 0 Å². The number of terminal acetylenes is 1. The second-order valence-corrected chi connectivity index (χ2v) is 5.26. The molecular weight excluding hydrogens is 258 g/mol. The number of carbonyl (C=O) groups is 1. The largest absolute Gasteiger partial charge is 0.507 e. The maximum Gasteiger partial charge on any atom is 0.231 e. The van der Waals surface area contributed by atoms with E-state index in [9.17, 15) is 9.90 Å². The summed E-state index contributed by atoms with van der Waals surface area (Å²) < 4.78 is 0. The number of phenolic OH excluding ortho intramolecular Hbond substituents is 1. The number of thioether (sulfide) groups is 1. The smallest absolute Gasteiger partial charge is 0.231 e. The molecule has 19 heavy (non-hydrogen) atoms. The first-order valence-electron chi connectivity index (χ1n) is 6.26. The minimum Gasteiger partial charge on any atom is -0.507 e. The minimum absolute atomic E-state index is 0.116. The summed E-state index contributed by atoms with van der Waals surface area (Å²) in [5, 5.41) is 12.5. The molecule has 0 atom stereocenters. The third kappa shape index (κ3) is 4.22. The lowest BCUT2D eigenvalue weighted by molar-refractivity contribution is -0.119. The number of carbonyl (C=O) groups excluding carboxylic acids is 1. The van der Waals surface area contributed by atoms with Gasteiger partial charge in [-0.2, -0.15) is 0 Å². The highest BCUT2D eigenvalue weighted by Crippen LogP contribution is 2.27. The van der Waals surface area contributed by atoms with Crippen LogP contribution in [0.25, 0.3) is 0 Å². The van der Waals surface area contributed by atoms with E-state index in [1.807, 2.05) is 19.9 Å². The molecule has 4 heteroatoms. The highest BCUT2D eigenvalue weighted by molar-refractivity contribution is 8.00. The Morgan fingerprint density at radius 1 is 1.42 bits per heavy atom. The van der Waals surface area contributed by atoms with E-state index < -0.39 is 5.54 Å². The van der Waals surface area contributed by atoms with Crippen LogP contribution in [0.5, 0.6) is 5.75 Å². The molecule has 0 aliphatic rings. The number of nitrogens with one attached hydrogen (secondary N) is 1. The van der Waals surface area contributed by atoms with Gasteiger partial charge in [0, 0.05) is 4.90 Å². The maximum atomic E-state index is 11.9. The fourth-order valence-corrected chi connectivity index (χ4v) is 2.44. The van der Waals surface area contributed by atoms with Gasteiger partial charge < -0.3 is 10.4 Å². The summed E-state index contributed by atoms with van der Waals surface area (Å²) in [6.07, 6.45) is 6.90. The van der Waals surface area contributed by atoms with Gasteiger partial charge in [-0.05, 0) is 25.0 Å². The fourth-order valence-electron chi connectivity index (χ4n) is 1.69. The molecule has 0 spiro atoms. The van der Waals surface area contributed by atoms with E-state index in [0.29, 0.717) is 17.7 Å². The number of para-hydroxylation sites is 1. The molecule has 1 aromatic rings. The van der Waals surface area contributed by atoms with Gasteiger partial charge >= 0.3 is 0 Å². The van der Waals surface area contributed by atoms with E-state index in [2.05, 4.69) is 11.2 Å². The minimum atomic E-state index is -0.559. The highest BCUT2D eigenvalue weighted by atomic mass is 32.2. The Kier molecular flexibility index (Phi) is 5.78. The van der Waals surface area contributed by atoms with Crippen molar-refractivity contribution in [2.24, 2.45) is 0 Å². The Balaban J connectivity index is 2.58. The number of hydrogen-bond donors (Lipinski definition) is 2. The van der Waals surface area contributed by atoms with E-state index in [1.165, 1.54) is 11.8 Å². The monoisotopic (exact) mass is 277 g/mol. The summed E-state index contributed by atoms with van der Waals surface area (Å²) in [5.74, 6) is 2.98. The predicted octanol–water partition coefficient (Wildman–Crippen LogP) is 2.79. The molecular formula is C15H19NO2S. The number of hydrogen-bond acceptors (Lipinski definition) is 3. The molecule has 0 saturated carbocycles. The Hall–Kier alpha value is -1.60. The molecule has 0 aliphatic carbocycles. The van der Waals surface area contributed by atoms with Crippen LogP contribution in [0.4, 0.5) is 0 Å². The zero-order chi connectivity index (χ0) is 14.3. The summed E-state index contributed by atoms with van der Waals surface area (Å²) in [7, 11) is 0. The zero-order valence-electron chi connectivity index (χ0n) is 11.3. The molecule has 0 bridgehead atoms. The van der Waals surface area contributed by atoms with Gasteiger partial charge in [-0.15, -0.1) is 18.2 Å². The van der Waals surface area contributed by atoms with Gasteiger partial charge in [0.15, 0.2) is 0 Å². The molecule has 1 aromatic carbocycles. The average Bonchev–Trinajstić information content (AvgIpc) is 2.44. The molecule has 0 fully saturated rings. The number of benzene rings is 1. The van der Waals surface area contributed by atoms with Crippen LogP contribution in [0, 0.1) is 12.3 Å². The SMILES string of the molecule is C#CC(CC)(CC)NC(=O)CSc1ccccc1O. The van der Waals surface area contributed by atoms with E-state index in [4.69, 9.17) is 6.42 Å². The van der Waals surface area contributed by atoms with Crippen LogP contribution in [0.15, 0.2) is 29.2 Å². The van der Waals surface area contributed by atoms with E-state index in [1.54, 1.807) is 18.2 Å². The van der Waals surface area contributed by atoms with Gasteiger partial charge in [0.05, 0.1) is 5.75 Å². The van der Waals surface area contributed by atoms with Gasteiger partial charge in [0.1, 0.15) is 11.3 Å². The van der Waals surface area contributed by atoms with Crippen molar-refractivity contribution in [3.05, 3.63) is 24.3 Å². The molecule has 0 unspecified atom stereocenters. The summed E-state index contributed by atoms with van der Waals surface area (Å²) >= 11 is 1.30. The molecule has 0 saturated heterocycles. The molecule has 0 aromatic heterocycles. The predicted molar refractivity (Wildman–Crippen MR) is 79.1 cm³/mol. The topological polar surface area (TPSA) is 49.3 Å². The summed E-state index contributed by atoms with van der Waals surface area (Å²) in [6, 6.07) is 6.95. The second kappa shape index (κ2) is 7.10. The van der Waals surface area contributed by atoms with Crippen molar-refractivity contribution in [3.63, 3.8) is 0 Å². The lowest BCUT2D eigenvalue weighted by atomic mass is 9.94. The van der Waals surface area contributed by atoms with Crippen molar-refractivity contribution in [2.75, 3.05) is 5.75 Å². The molecule has 0 radical (unpaired) electrons. The molecule has 0 heterocycles. The van der Waals surface area contributed by atoms with Crippen molar-refractivity contribution in [1.29, 1.82) is 0 Å². The Morgan fingerprint density at radius 2 is 2.05 bits per heavy atom. The van der Waals surface area contributed by atoms with Gasteiger partial charge in [0.2, 0.25) is 5.91 Å². The standard InChI is InChI=1S/C15H19NO2S/c1-4-15(5-2,6-3)16-14(18)11-19-13-10-8-7-9-12(13)17/h1,7-10,17H,5-6,11H2,2-3H3,(H,16,18). The third-order valence-electron chi connectivity index (χ3n) is 3.09. The van der Waals surface area contributed by atoms with Gasteiger partial charge in [-0.25, -0.2) is 0 Å². The number of amides is 1. The van der Waals surface area contributed by atoms with Gasteiger partial charge in [0.25, 0.3) is 0 Å². The first-order valence-corrected chi connectivity index (χ1v) is 7.25. The first-order chi connectivity index (χ1) is 9.06. The highest BCUT2D eigenvalue weighted by Gasteiger charge is 2.25. The molecule has 1 amide bonds. The first kappa shape index (κ1) is 15.5. The number of rotatable bonds is 6. The Labute approximate surface area is 118 Å². The molecule has 2 N–H and O–H groups in total. The van der Waals surface area contributed by atoms with Crippen LogP contribution < -0.4 is 5.32 Å². The summed E-state index contributed by atoms with van der Waals surface area (Å²) in [5.41, 5.74) is -0.559. The van der Waals surface area contributed by atoms with Gasteiger partial charge in [-0.3, -0.25) is 4.79 Å². The normalized spacial score (nSPS) is 10.8. The lowest BCUT2D eigenvalue weighted by Gasteiger charge is -2.26. The summed E-state index contributed by atoms with van der Waals surface area (Å²) in [6.45, 7) is 3.92. The maximum absolute atomic E-state index is 11.9. The summed E-state index contributed by atoms with van der Waals surface area (Å²) in [4.78, 5) is 12.6. The molecule has 3 nitrogen and oxygen atoms in total. The van der Waals surface area contributed by atoms with Crippen LogP contribution in [-0.4, -0.2) is 22.3 Å².